The van der Waals surface area contributed by atoms with Crippen molar-refractivity contribution in [3.8, 4) is 16.2 Å². The Kier molecular flexibility index (Phi) is 5.19. The number of methoxy groups -OCH3 is 1. The number of benzene rings is 2. The van der Waals surface area contributed by atoms with Crippen LogP contribution in [0.3, 0.4) is 0 Å². The molecule has 3 aromatic rings. The minimum Gasteiger partial charge on any atom is -0.497 e. The molecule has 0 fully saturated rings. The van der Waals surface area contributed by atoms with E-state index in [1.54, 1.807) is 26.2 Å². The Morgan fingerprint density at radius 1 is 1.07 bits per heavy atom. The van der Waals surface area contributed by atoms with Crippen molar-refractivity contribution in [3.63, 3.8) is 0 Å². The largest absolute Gasteiger partial charge is 0.497 e. The van der Waals surface area contributed by atoms with Gasteiger partial charge in [-0.05, 0) is 78.1 Å². The molecule has 0 bridgehead atoms. The van der Waals surface area contributed by atoms with Gasteiger partial charge in [0.2, 0.25) is 0 Å². The van der Waals surface area contributed by atoms with Gasteiger partial charge >= 0.3 is 0 Å². The molecule has 29 heavy (non-hydrogen) atoms. The summed E-state index contributed by atoms with van der Waals surface area (Å²) in [7, 11) is -1.59. The van der Waals surface area contributed by atoms with Gasteiger partial charge in [-0.3, -0.25) is 4.79 Å². The lowest BCUT2D eigenvalue weighted by Gasteiger charge is -2.16. The fourth-order valence-corrected chi connectivity index (χ4v) is 5.50. The van der Waals surface area contributed by atoms with Gasteiger partial charge in [0.15, 0.2) is 9.84 Å². The number of thiophene rings is 1. The molecule has 0 radical (unpaired) electrons. The zero-order chi connectivity index (χ0) is 20.6. The Bertz CT molecular complexity index is 1180. The predicted molar refractivity (Wildman–Crippen MR) is 116 cm³/mol. The van der Waals surface area contributed by atoms with E-state index in [-0.39, 0.29) is 16.6 Å². The number of hydrogen-bond donors (Lipinski definition) is 1. The van der Waals surface area contributed by atoms with Gasteiger partial charge in [0.1, 0.15) is 5.75 Å². The topological polar surface area (TPSA) is 72.5 Å². The molecule has 1 N–H and O–H groups in total. The van der Waals surface area contributed by atoms with Crippen LogP contribution in [0.4, 0.5) is 5.69 Å². The maximum absolute atomic E-state index is 12.7. The predicted octanol–water partition coefficient (Wildman–Crippen LogP) is 4.57. The number of ether oxygens (including phenoxy) is 1. The molecule has 0 saturated heterocycles. The number of anilines is 1. The minimum atomic E-state index is -3.25. The standard InChI is InChI=1S/C22H21NO4S2/c1-3-29(25,26)18-9-6-16(7-10-18)23-22(24)20-13-15-5-4-14-12-17(27-2)8-11-19(14)21(15)28-20/h6-13H,3-5H2,1-2H3,(H,23,24). The van der Waals surface area contributed by atoms with Gasteiger partial charge in [-0.25, -0.2) is 8.42 Å². The second kappa shape index (κ2) is 7.65. The average Bonchev–Trinajstić information content (AvgIpc) is 3.18. The molecule has 1 amide bonds. The van der Waals surface area contributed by atoms with E-state index in [0.29, 0.717) is 10.6 Å². The Hall–Kier alpha value is -2.64. The van der Waals surface area contributed by atoms with Crippen LogP contribution >= 0.6 is 11.3 Å². The second-order valence-corrected chi connectivity index (χ2v) is 10.2. The number of carbonyl (C=O) groups is 1. The van der Waals surface area contributed by atoms with Crippen LogP contribution in [0, 0.1) is 0 Å². The molecule has 0 aliphatic heterocycles. The highest BCUT2D eigenvalue weighted by Gasteiger charge is 2.22. The van der Waals surface area contributed by atoms with Gasteiger partial charge < -0.3 is 10.1 Å². The van der Waals surface area contributed by atoms with Crippen molar-refractivity contribution in [3.05, 3.63) is 64.5 Å². The van der Waals surface area contributed by atoms with Crippen molar-refractivity contribution in [2.45, 2.75) is 24.7 Å². The third-order valence-electron chi connectivity index (χ3n) is 5.10. The van der Waals surface area contributed by atoms with E-state index in [1.165, 1.54) is 34.6 Å². The summed E-state index contributed by atoms with van der Waals surface area (Å²) in [5, 5.41) is 2.86. The molecule has 4 rings (SSSR count). The molecule has 0 saturated carbocycles. The quantitative estimate of drug-likeness (QED) is 0.647. The summed E-state index contributed by atoms with van der Waals surface area (Å²) in [5.41, 5.74) is 4.15. The molecule has 0 spiro atoms. The Balaban J connectivity index is 1.56. The smallest absolute Gasteiger partial charge is 0.265 e. The maximum atomic E-state index is 12.7. The summed E-state index contributed by atoms with van der Waals surface area (Å²) >= 11 is 1.48. The summed E-state index contributed by atoms with van der Waals surface area (Å²) in [6.45, 7) is 1.61. The first kappa shape index (κ1) is 19.7. The normalized spacial score (nSPS) is 12.8. The van der Waals surface area contributed by atoms with Crippen LogP contribution in [0.15, 0.2) is 53.4 Å². The lowest BCUT2D eigenvalue weighted by molar-refractivity contribution is 0.103. The number of sulfone groups is 1. The van der Waals surface area contributed by atoms with Gasteiger partial charge in [0, 0.05) is 10.6 Å². The maximum Gasteiger partial charge on any atom is 0.265 e. The van der Waals surface area contributed by atoms with Crippen LogP contribution in [0.5, 0.6) is 5.75 Å². The Morgan fingerprint density at radius 2 is 1.79 bits per heavy atom. The van der Waals surface area contributed by atoms with Crippen molar-refractivity contribution in [2.24, 2.45) is 0 Å². The number of carbonyl (C=O) groups excluding carboxylic acids is 1. The van der Waals surface area contributed by atoms with Crippen LogP contribution in [0.1, 0.15) is 27.7 Å². The first-order valence-electron chi connectivity index (χ1n) is 9.35. The molecular weight excluding hydrogens is 406 g/mol. The fraction of sp³-hybridized carbons (Fsp3) is 0.227. The van der Waals surface area contributed by atoms with Crippen LogP contribution in [0.25, 0.3) is 10.4 Å². The summed E-state index contributed by atoms with van der Waals surface area (Å²) in [6, 6.07) is 14.3. The number of amides is 1. The van der Waals surface area contributed by atoms with Gasteiger partial charge in [-0.1, -0.05) is 6.92 Å². The van der Waals surface area contributed by atoms with Crippen LogP contribution in [-0.2, 0) is 22.7 Å². The SMILES string of the molecule is CCS(=O)(=O)c1ccc(NC(=O)c2cc3c(s2)-c2ccc(OC)cc2CC3)cc1. The molecule has 7 heteroatoms. The molecule has 1 heterocycles. The molecule has 0 atom stereocenters. The molecule has 1 aliphatic rings. The van der Waals surface area contributed by atoms with Gasteiger partial charge in [0.25, 0.3) is 5.91 Å². The molecule has 1 aromatic heterocycles. The molecule has 5 nitrogen and oxygen atoms in total. The third-order valence-corrected chi connectivity index (χ3v) is 8.06. The summed E-state index contributed by atoms with van der Waals surface area (Å²) < 4.78 is 29.1. The zero-order valence-corrected chi connectivity index (χ0v) is 17.8. The first-order valence-corrected chi connectivity index (χ1v) is 11.8. The second-order valence-electron chi connectivity index (χ2n) is 6.87. The highest BCUT2D eigenvalue weighted by Crippen LogP contribution is 2.41. The van der Waals surface area contributed by atoms with Crippen molar-refractivity contribution in [1.82, 2.24) is 0 Å². The molecule has 0 unspecified atom stereocenters. The van der Waals surface area contributed by atoms with E-state index in [0.717, 1.165) is 29.0 Å². The van der Waals surface area contributed by atoms with E-state index < -0.39 is 9.84 Å². The molecule has 150 valence electrons. The van der Waals surface area contributed by atoms with Crippen LogP contribution < -0.4 is 10.1 Å². The highest BCUT2D eigenvalue weighted by molar-refractivity contribution is 7.91. The lowest BCUT2D eigenvalue weighted by atomic mass is 9.91. The number of rotatable bonds is 5. The van der Waals surface area contributed by atoms with E-state index in [4.69, 9.17) is 4.74 Å². The van der Waals surface area contributed by atoms with Gasteiger partial charge in [-0.15, -0.1) is 11.3 Å². The van der Waals surface area contributed by atoms with E-state index in [9.17, 15) is 13.2 Å². The molecule has 2 aromatic carbocycles. The average molecular weight is 428 g/mol. The third kappa shape index (κ3) is 3.80. The van der Waals surface area contributed by atoms with E-state index >= 15 is 0 Å². The van der Waals surface area contributed by atoms with Gasteiger partial charge in [0.05, 0.1) is 22.6 Å². The first-order chi connectivity index (χ1) is 13.9. The number of fused-ring (bicyclic) bond motifs is 3. The minimum absolute atomic E-state index is 0.0484. The fourth-order valence-electron chi connectivity index (χ4n) is 3.45. The molecular formula is C22H21NO4S2. The molecule has 1 aliphatic carbocycles. The number of nitrogens with one attached hydrogen (secondary N) is 1. The number of aryl methyl sites for hydroxylation is 2. The summed E-state index contributed by atoms with van der Waals surface area (Å²) in [6.07, 6.45) is 1.81. The van der Waals surface area contributed by atoms with Crippen molar-refractivity contribution in [2.75, 3.05) is 18.2 Å². The summed E-state index contributed by atoms with van der Waals surface area (Å²) in [5.74, 6) is 0.702. The Labute approximate surface area is 174 Å². The van der Waals surface area contributed by atoms with Crippen molar-refractivity contribution >= 4 is 32.8 Å². The van der Waals surface area contributed by atoms with Crippen LogP contribution in [0.2, 0.25) is 0 Å². The monoisotopic (exact) mass is 427 g/mol. The van der Waals surface area contributed by atoms with Gasteiger partial charge in [-0.2, -0.15) is 0 Å². The number of hydrogen-bond acceptors (Lipinski definition) is 5. The van der Waals surface area contributed by atoms with Crippen molar-refractivity contribution in [1.29, 1.82) is 0 Å². The van der Waals surface area contributed by atoms with Crippen LogP contribution in [-0.4, -0.2) is 27.2 Å². The van der Waals surface area contributed by atoms with E-state index in [1.807, 2.05) is 12.1 Å². The Morgan fingerprint density at radius 3 is 2.48 bits per heavy atom. The summed E-state index contributed by atoms with van der Waals surface area (Å²) in [4.78, 5) is 14.8. The van der Waals surface area contributed by atoms with E-state index in [2.05, 4.69) is 17.4 Å². The highest BCUT2D eigenvalue weighted by atomic mass is 32.2. The van der Waals surface area contributed by atoms with Crippen molar-refractivity contribution < 1.29 is 17.9 Å². The zero-order valence-electron chi connectivity index (χ0n) is 16.2. The lowest BCUT2D eigenvalue weighted by Crippen LogP contribution is -2.10.